The smallest absolute Gasteiger partial charge is 0.0221 e. The number of likely N-dealkylation sites (N-methyl/N-ethyl adjacent to an activating group) is 1. The lowest BCUT2D eigenvalue weighted by atomic mass is 9.96. The molecule has 1 saturated heterocycles. The second-order valence-corrected chi connectivity index (χ2v) is 5.23. The number of nitrogens with two attached hydrogens (primary N) is 1. The van der Waals surface area contributed by atoms with Crippen LogP contribution < -0.4 is 5.73 Å². The fraction of sp³-hybridized carbons (Fsp3) is 0.500. The Morgan fingerprint density at radius 3 is 2.60 bits per heavy atom. The van der Waals surface area contributed by atoms with Crippen molar-refractivity contribution in [2.24, 2.45) is 5.73 Å². The normalized spacial score (nSPS) is 27.1. The van der Waals surface area contributed by atoms with Crippen LogP contribution in [0.4, 0.5) is 0 Å². The Labute approximate surface area is 99.6 Å². The molecule has 82 valence electrons. The van der Waals surface area contributed by atoms with Gasteiger partial charge in [-0.1, -0.05) is 28.1 Å². The summed E-state index contributed by atoms with van der Waals surface area (Å²) in [6.45, 7) is 1.90. The minimum absolute atomic E-state index is 0.554. The molecule has 2 rings (SSSR count). The van der Waals surface area contributed by atoms with E-state index in [0.717, 1.165) is 17.6 Å². The highest BCUT2D eigenvalue weighted by Gasteiger charge is 2.29. The predicted octanol–water partition coefficient (Wildman–Crippen LogP) is 2.20. The van der Waals surface area contributed by atoms with Gasteiger partial charge in [-0.05, 0) is 37.1 Å². The van der Waals surface area contributed by atoms with Crippen molar-refractivity contribution in [1.82, 2.24) is 4.90 Å². The maximum atomic E-state index is 5.74. The van der Waals surface area contributed by atoms with E-state index in [1.807, 2.05) is 0 Å². The summed E-state index contributed by atoms with van der Waals surface area (Å²) in [6, 6.07) is 9.21. The molecule has 0 bridgehead atoms. The second-order valence-electron chi connectivity index (χ2n) is 4.31. The van der Waals surface area contributed by atoms with Gasteiger partial charge in [0.1, 0.15) is 0 Å². The molecule has 0 aliphatic carbocycles. The van der Waals surface area contributed by atoms with Gasteiger partial charge < -0.3 is 10.6 Å². The van der Waals surface area contributed by atoms with Crippen molar-refractivity contribution in [3.63, 3.8) is 0 Å². The number of halogens is 1. The van der Waals surface area contributed by atoms with Crippen molar-refractivity contribution in [2.75, 3.05) is 20.1 Å². The molecule has 1 aromatic rings. The lowest BCUT2D eigenvalue weighted by molar-refractivity contribution is 0.316. The van der Waals surface area contributed by atoms with Crippen LogP contribution in [0, 0.1) is 0 Å². The van der Waals surface area contributed by atoms with Crippen LogP contribution in [0.2, 0.25) is 0 Å². The fourth-order valence-electron chi connectivity index (χ4n) is 2.33. The van der Waals surface area contributed by atoms with E-state index in [-0.39, 0.29) is 0 Å². The average Bonchev–Trinajstić information content (AvgIpc) is 2.61. The van der Waals surface area contributed by atoms with Gasteiger partial charge in [0.15, 0.2) is 0 Å². The van der Waals surface area contributed by atoms with Crippen molar-refractivity contribution in [3.8, 4) is 0 Å². The van der Waals surface area contributed by atoms with Gasteiger partial charge in [0.25, 0.3) is 0 Å². The van der Waals surface area contributed by atoms with Gasteiger partial charge in [0, 0.05) is 23.6 Å². The zero-order valence-electron chi connectivity index (χ0n) is 8.99. The zero-order chi connectivity index (χ0) is 10.8. The Hall–Kier alpha value is -0.380. The molecule has 1 aliphatic rings. The van der Waals surface area contributed by atoms with Crippen LogP contribution in [0.3, 0.4) is 0 Å². The third-order valence-electron chi connectivity index (χ3n) is 3.30. The van der Waals surface area contributed by atoms with Crippen LogP contribution in [-0.2, 0) is 0 Å². The van der Waals surface area contributed by atoms with Gasteiger partial charge in [0.2, 0.25) is 0 Å². The van der Waals surface area contributed by atoms with Gasteiger partial charge in [-0.2, -0.15) is 0 Å². The molecular weight excluding hydrogens is 252 g/mol. The molecule has 1 heterocycles. The summed E-state index contributed by atoms with van der Waals surface area (Å²) < 4.78 is 1.15. The number of benzene rings is 1. The summed E-state index contributed by atoms with van der Waals surface area (Å²) in [5, 5.41) is 0. The van der Waals surface area contributed by atoms with Crippen LogP contribution in [0.5, 0.6) is 0 Å². The molecule has 0 spiro atoms. The Kier molecular flexibility index (Phi) is 3.44. The highest BCUT2D eigenvalue weighted by atomic mass is 79.9. The van der Waals surface area contributed by atoms with Gasteiger partial charge in [0.05, 0.1) is 0 Å². The molecule has 2 unspecified atom stereocenters. The van der Waals surface area contributed by atoms with E-state index in [2.05, 4.69) is 52.1 Å². The third-order valence-corrected chi connectivity index (χ3v) is 3.83. The monoisotopic (exact) mass is 268 g/mol. The molecule has 2 atom stereocenters. The summed E-state index contributed by atoms with van der Waals surface area (Å²) in [6.07, 6.45) is 1.19. The summed E-state index contributed by atoms with van der Waals surface area (Å²) in [5.74, 6) is 0.650. The molecule has 2 nitrogen and oxygen atoms in total. The lowest BCUT2D eigenvalue weighted by Crippen LogP contribution is -2.31. The SMILES string of the molecule is CN1CC(c2ccc(Br)cc2)CC1CN. The molecule has 1 aromatic carbocycles. The van der Waals surface area contributed by atoms with Crippen LogP contribution in [-0.4, -0.2) is 31.1 Å². The summed E-state index contributed by atoms with van der Waals surface area (Å²) in [4.78, 5) is 2.37. The highest BCUT2D eigenvalue weighted by Crippen LogP contribution is 2.30. The first-order valence-electron chi connectivity index (χ1n) is 5.36. The number of hydrogen-bond donors (Lipinski definition) is 1. The second kappa shape index (κ2) is 4.64. The number of nitrogens with zero attached hydrogens (tertiary/aromatic N) is 1. The Morgan fingerprint density at radius 2 is 2.07 bits per heavy atom. The van der Waals surface area contributed by atoms with E-state index in [9.17, 15) is 0 Å². The standard InChI is InChI=1S/C12H17BrN2/c1-15-8-10(6-12(15)7-14)9-2-4-11(13)5-3-9/h2-5,10,12H,6-8,14H2,1H3. The van der Waals surface area contributed by atoms with E-state index in [1.165, 1.54) is 12.0 Å². The molecule has 0 aromatic heterocycles. The minimum atomic E-state index is 0.554. The summed E-state index contributed by atoms with van der Waals surface area (Å²) in [5.41, 5.74) is 7.17. The van der Waals surface area contributed by atoms with Gasteiger partial charge in [-0.15, -0.1) is 0 Å². The number of likely N-dealkylation sites (tertiary alicyclic amines) is 1. The number of rotatable bonds is 2. The lowest BCUT2D eigenvalue weighted by Gasteiger charge is -2.15. The van der Waals surface area contributed by atoms with Crippen molar-refractivity contribution in [2.45, 2.75) is 18.4 Å². The molecule has 0 amide bonds. The Bertz CT molecular complexity index is 323. The third kappa shape index (κ3) is 2.41. The topological polar surface area (TPSA) is 29.3 Å². The fourth-order valence-corrected chi connectivity index (χ4v) is 2.60. The van der Waals surface area contributed by atoms with Crippen LogP contribution in [0.1, 0.15) is 17.9 Å². The molecular formula is C12H17BrN2. The Balaban J connectivity index is 2.10. The highest BCUT2D eigenvalue weighted by molar-refractivity contribution is 9.10. The maximum Gasteiger partial charge on any atom is 0.0221 e. The largest absolute Gasteiger partial charge is 0.329 e. The van der Waals surface area contributed by atoms with Gasteiger partial charge in [-0.25, -0.2) is 0 Å². The zero-order valence-corrected chi connectivity index (χ0v) is 10.6. The average molecular weight is 269 g/mol. The van der Waals surface area contributed by atoms with E-state index >= 15 is 0 Å². The molecule has 3 heteroatoms. The molecule has 0 radical (unpaired) electrons. The summed E-state index contributed by atoms with van der Waals surface area (Å²) in [7, 11) is 2.16. The van der Waals surface area contributed by atoms with Gasteiger partial charge >= 0.3 is 0 Å². The molecule has 0 saturated carbocycles. The summed E-state index contributed by atoms with van der Waals surface area (Å²) >= 11 is 3.46. The van der Waals surface area contributed by atoms with Crippen molar-refractivity contribution in [3.05, 3.63) is 34.3 Å². The minimum Gasteiger partial charge on any atom is -0.329 e. The van der Waals surface area contributed by atoms with E-state index in [0.29, 0.717) is 12.0 Å². The van der Waals surface area contributed by atoms with E-state index in [4.69, 9.17) is 5.73 Å². The molecule has 1 fully saturated rings. The van der Waals surface area contributed by atoms with Crippen molar-refractivity contribution >= 4 is 15.9 Å². The van der Waals surface area contributed by atoms with E-state index < -0.39 is 0 Å². The molecule has 2 N–H and O–H groups in total. The van der Waals surface area contributed by atoms with Crippen molar-refractivity contribution < 1.29 is 0 Å². The first kappa shape index (κ1) is 11.1. The van der Waals surface area contributed by atoms with Gasteiger partial charge in [-0.3, -0.25) is 0 Å². The predicted molar refractivity (Wildman–Crippen MR) is 67.0 cm³/mol. The van der Waals surface area contributed by atoms with Crippen molar-refractivity contribution in [1.29, 1.82) is 0 Å². The maximum absolute atomic E-state index is 5.74. The van der Waals surface area contributed by atoms with Crippen LogP contribution in [0.15, 0.2) is 28.7 Å². The molecule has 15 heavy (non-hydrogen) atoms. The first-order valence-corrected chi connectivity index (χ1v) is 6.15. The number of hydrogen-bond acceptors (Lipinski definition) is 2. The Morgan fingerprint density at radius 1 is 1.40 bits per heavy atom. The first-order chi connectivity index (χ1) is 7.20. The van der Waals surface area contributed by atoms with E-state index in [1.54, 1.807) is 0 Å². The van der Waals surface area contributed by atoms with Crippen LogP contribution in [0.25, 0.3) is 0 Å². The quantitative estimate of drug-likeness (QED) is 0.891. The van der Waals surface area contributed by atoms with Crippen LogP contribution >= 0.6 is 15.9 Å². The molecule has 1 aliphatic heterocycles.